The Labute approximate surface area is 118 Å². The zero-order valence-electron chi connectivity index (χ0n) is 11.2. The number of esters is 1. The minimum atomic E-state index is -4.59. The second-order valence-electron chi connectivity index (χ2n) is 4.24. The summed E-state index contributed by atoms with van der Waals surface area (Å²) in [5.41, 5.74) is -1.40. The van der Waals surface area contributed by atoms with E-state index >= 15 is 0 Å². The molecule has 0 saturated heterocycles. The van der Waals surface area contributed by atoms with E-state index in [0.29, 0.717) is 18.2 Å². The number of hydrogen-bond acceptors (Lipinski definition) is 4. The molecular weight excluding hydrogens is 294 g/mol. The predicted octanol–water partition coefficient (Wildman–Crippen LogP) is 2.57. The molecule has 1 aromatic carbocycles. The van der Waals surface area contributed by atoms with Crippen molar-refractivity contribution in [1.82, 2.24) is 0 Å². The van der Waals surface area contributed by atoms with Crippen LogP contribution in [0, 0.1) is 5.82 Å². The molecule has 0 fully saturated rings. The second-order valence-corrected chi connectivity index (χ2v) is 4.24. The first kappa shape index (κ1) is 17.2. The standard InChI is InChI=1S/C13H15F4NO3/c1-2-21-12(20)6-9(19)7-18-11-5-8(13(15,16)17)3-4-10(11)14/h3-5,9,18-19H,2,6-7H2,1H3. The average Bonchev–Trinajstić information content (AvgIpc) is 2.36. The van der Waals surface area contributed by atoms with Crippen LogP contribution in [-0.4, -0.2) is 30.3 Å². The molecule has 0 aliphatic carbocycles. The Morgan fingerprint density at radius 1 is 1.43 bits per heavy atom. The molecule has 4 nitrogen and oxygen atoms in total. The third kappa shape index (κ3) is 5.58. The Bertz CT molecular complexity index is 491. The molecule has 0 radical (unpaired) electrons. The van der Waals surface area contributed by atoms with Crippen LogP contribution in [0.25, 0.3) is 0 Å². The van der Waals surface area contributed by atoms with E-state index in [9.17, 15) is 27.5 Å². The number of rotatable bonds is 6. The fourth-order valence-electron chi connectivity index (χ4n) is 1.55. The number of nitrogens with one attached hydrogen (secondary N) is 1. The largest absolute Gasteiger partial charge is 0.466 e. The molecule has 0 bridgehead atoms. The van der Waals surface area contributed by atoms with Gasteiger partial charge < -0.3 is 15.2 Å². The van der Waals surface area contributed by atoms with Crippen LogP contribution in [0.4, 0.5) is 23.2 Å². The SMILES string of the molecule is CCOC(=O)CC(O)CNc1cc(C(F)(F)F)ccc1F. The maximum absolute atomic E-state index is 13.4. The summed E-state index contributed by atoms with van der Waals surface area (Å²) in [6.07, 6.45) is -6.12. The third-order valence-electron chi connectivity index (χ3n) is 2.53. The fraction of sp³-hybridized carbons (Fsp3) is 0.462. The molecule has 0 amide bonds. The Morgan fingerprint density at radius 2 is 2.10 bits per heavy atom. The first-order valence-electron chi connectivity index (χ1n) is 6.18. The van der Waals surface area contributed by atoms with Crippen molar-refractivity contribution in [3.8, 4) is 0 Å². The van der Waals surface area contributed by atoms with Crippen LogP contribution in [0.2, 0.25) is 0 Å². The number of anilines is 1. The highest BCUT2D eigenvalue weighted by atomic mass is 19.4. The molecular formula is C13H15F4NO3. The van der Waals surface area contributed by atoms with Crippen molar-refractivity contribution in [1.29, 1.82) is 0 Å². The van der Waals surface area contributed by atoms with Crippen LogP contribution in [0.3, 0.4) is 0 Å². The van der Waals surface area contributed by atoms with E-state index in [1.165, 1.54) is 0 Å². The normalized spacial score (nSPS) is 12.9. The number of ether oxygens (including phenoxy) is 1. The smallest absolute Gasteiger partial charge is 0.416 e. The molecule has 8 heteroatoms. The van der Waals surface area contributed by atoms with Crippen LogP contribution in [-0.2, 0) is 15.7 Å². The maximum Gasteiger partial charge on any atom is 0.416 e. The zero-order valence-corrected chi connectivity index (χ0v) is 11.2. The number of carbonyl (C=O) groups is 1. The van der Waals surface area contributed by atoms with E-state index in [1.807, 2.05) is 0 Å². The van der Waals surface area contributed by atoms with E-state index in [-0.39, 0.29) is 19.6 Å². The van der Waals surface area contributed by atoms with Crippen LogP contribution in [0.15, 0.2) is 18.2 Å². The van der Waals surface area contributed by atoms with E-state index in [4.69, 9.17) is 0 Å². The Morgan fingerprint density at radius 3 is 2.67 bits per heavy atom. The van der Waals surface area contributed by atoms with E-state index in [0.717, 1.165) is 0 Å². The molecule has 2 N–H and O–H groups in total. The minimum Gasteiger partial charge on any atom is -0.466 e. The molecule has 1 rings (SSSR count). The molecule has 0 aromatic heterocycles. The highest BCUT2D eigenvalue weighted by Crippen LogP contribution is 2.31. The summed E-state index contributed by atoms with van der Waals surface area (Å²) in [4.78, 5) is 11.1. The van der Waals surface area contributed by atoms with Gasteiger partial charge >= 0.3 is 12.1 Å². The monoisotopic (exact) mass is 309 g/mol. The number of benzene rings is 1. The van der Waals surface area contributed by atoms with Gasteiger partial charge in [-0.05, 0) is 25.1 Å². The van der Waals surface area contributed by atoms with Crippen molar-refractivity contribution < 1.29 is 32.2 Å². The highest BCUT2D eigenvalue weighted by Gasteiger charge is 2.31. The number of carbonyl (C=O) groups excluding carboxylic acids is 1. The first-order chi connectivity index (χ1) is 9.74. The van der Waals surface area contributed by atoms with Gasteiger partial charge in [-0.15, -0.1) is 0 Å². The lowest BCUT2D eigenvalue weighted by molar-refractivity contribution is -0.145. The lowest BCUT2D eigenvalue weighted by atomic mass is 10.1. The first-order valence-corrected chi connectivity index (χ1v) is 6.18. The van der Waals surface area contributed by atoms with Gasteiger partial charge in [0.05, 0.1) is 30.4 Å². The summed E-state index contributed by atoms with van der Waals surface area (Å²) in [5, 5.41) is 11.9. The Kier molecular flexibility index (Phi) is 5.95. The summed E-state index contributed by atoms with van der Waals surface area (Å²) in [5.74, 6) is -1.53. The van der Waals surface area contributed by atoms with Crippen molar-refractivity contribution in [2.45, 2.75) is 25.6 Å². The van der Waals surface area contributed by atoms with Gasteiger partial charge in [0.2, 0.25) is 0 Å². The summed E-state index contributed by atoms with van der Waals surface area (Å²) < 4.78 is 55.5. The maximum atomic E-state index is 13.4. The average molecular weight is 309 g/mol. The lowest BCUT2D eigenvalue weighted by Crippen LogP contribution is -2.24. The van der Waals surface area contributed by atoms with Gasteiger partial charge in [0.1, 0.15) is 5.82 Å². The van der Waals surface area contributed by atoms with Gasteiger partial charge in [-0.2, -0.15) is 13.2 Å². The molecule has 1 atom stereocenters. The van der Waals surface area contributed by atoms with Crippen molar-refractivity contribution in [3.63, 3.8) is 0 Å². The highest BCUT2D eigenvalue weighted by molar-refractivity contribution is 5.70. The summed E-state index contributed by atoms with van der Waals surface area (Å²) >= 11 is 0. The van der Waals surface area contributed by atoms with E-state index in [1.54, 1.807) is 6.92 Å². The molecule has 0 aliphatic rings. The van der Waals surface area contributed by atoms with Crippen LogP contribution < -0.4 is 5.32 Å². The summed E-state index contributed by atoms with van der Waals surface area (Å²) in [6.45, 7) is 1.47. The molecule has 21 heavy (non-hydrogen) atoms. The number of alkyl halides is 3. The van der Waals surface area contributed by atoms with Gasteiger partial charge in [0, 0.05) is 6.54 Å². The van der Waals surface area contributed by atoms with Crippen LogP contribution in [0.5, 0.6) is 0 Å². The molecule has 0 heterocycles. The fourth-order valence-corrected chi connectivity index (χ4v) is 1.55. The Balaban J connectivity index is 2.64. The predicted molar refractivity (Wildman–Crippen MR) is 67.1 cm³/mol. The zero-order chi connectivity index (χ0) is 16.0. The van der Waals surface area contributed by atoms with E-state index in [2.05, 4.69) is 10.1 Å². The third-order valence-corrected chi connectivity index (χ3v) is 2.53. The molecule has 118 valence electrons. The van der Waals surface area contributed by atoms with Crippen molar-refractivity contribution in [3.05, 3.63) is 29.6 Å². The van der Waals surface area contributed by atoms with Gasteiger partial charge in [0.25, 0.3) is 0 Å². The quantitative estimate of drug-likeness (QED) is 0.626. The summed E-state index contributed by atoms with van der Waals surface area (Å²) in [7, 11) is 0. The topological polar surface area (TPSA) is 58.6 Å². The summed E-state index contributed by atoms with van der Waals surface area (Å²) in [6, 6.07) is 1.91. The molecule has 0 saturated carbocycles. The molecule has 1 unspecified atom stereocenters. The minimum absolute atomic E-state index is 0.154. The number of hydrogen-bond donors (Lipinski definition) is 2. The van der Waals surface area contributed by atoms with Crippen molar-refractivity contribution in [2.75, 3.05) is 18.5 Å². The van der Waals surface area contributed by atoms with Crippen molar-refractivity contribution in [2.24, 2.45) is 0 Å². The lowest BCUT2D eigenvalue weighted by Gasteiger charge is -2.14. The number of halogens is 4. The molecule has 0 aliphatic heterocycles. The van der Waals surface area contributed by atoms with Gasteiger partial charge in [-0.25, -0.2) is 4.39 Å². The van der Waals surface area contributed by atoms with Crippen LogP contribution >= 0.6 is 0 Å². The number of aliphatic hydroxyl groups excluding tert-OH is 1. The molecule has 1 aromatic rings. The van der Waals surface area contributed by atoms with Gasteiger partial charge in [-0.1, -0.05) is 0 Å². The number of aliphatic hydroxyl groups is 1. The Hall–Kier alpha value is -1.83. The van der Waals surface area contributed by atoms with Gasteiger partial charge in [-0.3, -0.25) is 4.79 Å². The second kappa shape index (κ2) is 7.26. The molecule has 0 spiro atoms. The van der Waals surface area contributed by atoms with Gasteiger partial charge in [0.15, 0.2) is 0 Å². The van der Waals surface area contributed by atoms with E-state index < -0.39 is 35.3 Å². The van der Waals surface area contributed by atoms with Crippen LogP contribution in [0.1, 0.15) is 18.9 Å². The van der Waals surface area contributed by atoms with Crippen molar-refractivity contribution >= 4 is 11.7 Å².